The van der Waals surface area contributed by atoms with Crippen molar-refractivity contribution in [2.75, 3.05) is 18.6 Å². The second kappa shape index (κ2) is 7.89. The molecule has 0 unspecified atom stereocenters. The van der Waals surface area contributed by atoms with Gasteiger partial charge in [-0.1, -0.05) is 24.3 Å². The number of carbonyl (C=O) groups excluding carboxylic acids is 1. The molecule has 0 aromatic heterocycles. The molecule has 1 aliphatic rings. The molecule has 0 aliphatic carbocycles. The molecule has 2 aromatic carbocycles. The first-order valence-electron chi connectivity index (χ1n) is 9.45. The maximum absolute atomic E-state index is 12.3. The number of nitrogens with one attached hydrogen (secondary N) is 1. The van der Waals surface area contributed by atoms with E-state index in [4.69, 9.17) is 4.74 Å². The van der Waals surface area contributed by atoms with Crippen LogP contribution in [0.3, 0.4) is 0 Å². The van der Waals surface area contributed by atoms with Crippen molar-refractivity contribution in [1.29, 1.82) is 0 Å². The molecule has 1 aliphatic heterocycles. The van der Waals surface area contributed by atoms with Gasteiger partial charge < -0.3 is 9.64 Å². The van der Waals surface area contributed by atoms with Crippen molar-refractivity contribution in [3.63, 3.8) is 0 Å². The van der Waals surface area contributed by atoms with Crippen LogP contribution in [0, 0.1) is 0 Å². The number of fused-ring (bicyclic) bond motifs is 1. The lowest BCUT2D eigenvalue weighted by molar-refractivity contribution is 0.0952. The van der Waals surface area contributed by atoms with Crippen LogP contribution in [0.25, 0.3) is 5.57 Å². The summed E-state index contributed by atoms with van der Waals surface area (Å²) < 4.78 is 5.22. The summed E-state index contributed by atoms with van der Waals surface area (Å²) in [6.07, 6.45) is 3.96. The van der Waals surface area contributed by atoms with Crippen LogP contribution in [0.2, 0.25) is 0 Å². The van der Waals surface area contributed by atoms with E-state index in [9.17, 15) is 4.79 Å². The summed E-state index contributed by atoms with van der Waals surface area (Å²) in [5, 5.41) is 4.12. The smallest absolute Gasteiger partial charge is 0.275 e. The maximum Gasteiger partial charge on any atom is 0.275 e. The quantitative estimate of drug-likeness (QED) is 0.617. The zero-order valence-electron chi connectivity index (χ0n) is 17.1. The summed E-state index contributed by atoms with van der Waals surface area (Å²) in [7, 11) is 1.54. The van der Waals surface area contributed by atoms with Crippen molar-refractivity contribution in [3.8, 4) is 5.75 Å². The molecule has 1 amide bonds. The van der Waals surface area contributed by atoms with Gasteiger partial charge in [-0.25, -0.2) is 5.43 Å². The summed E-state index contributed by atoms with van der Waals surface area (Å²) in [5.41, 5.74) is 7.61. The van der Waals surface area contributed by atoms with E-state index in [1.165, 1.54) is 16.8 Å². The van der Waals surface area contributed by atoms with Crippen LogP contribution in [-0.2, 0) is 0 Å². The number of hydrogen-bond acceptors (Lipinski definition) is 4. The predicted octanol–water partition coefficient (Wildman–Crippen LogP) is 4.48. The van der Waals surface area contributed by atoms with E-state index in [0.717, 1.165) is 12.1 Å². The summed E-state index contributed by atoms with van der Waals surface area (Å²) >= 11 is 0. The van der Waals surface area contributed by atoms with Crippen molar-refractivity contribution >= 4 is 23.4 Å². The standard InChI is InChI=1S/C23H27N3O2/c1-6-26-20-12-11-17(13-19(20)16(2)14-23(26,3)4)15-24-25-22(27)18-9-7-8-10-21(18)28-5/h7-15H,6H2,1-5H3,(H,25,27)/b24-15-. The zero-order chi connectivity index (χ0) is 20.3. The molecule has 0 bridgehead atoms. The van der Waals surface area contributed by atoms with Gasteiger partial charge in [0, 0.05) is 17.8 Å². The van der Waals surface area contributed by atoms with Gasteiger partial charge in [0.05, 0.1) is 24.4 Å². The lowest BCUT2D eigenvalue weighted by Gasteiger charge is -2.42. The summed E-state index contributed by atoms with van der Waals surface area (Å²) in [6.45, 7) is 9.70. The fourth-order valence-electron chi connectivity index (χ4n) is 3.82. The summed E-state index contributed by atoms with van der Waals surface area (Å²) in [5.74, 6) is 0.216. The van der Waals surface area contributed by atoms with Gasteiger partial charge in [-0.2, -0.15) is 5.10 Å². The van der Waals surface area contributed by atoms with Crippen LogP contribution in [0.4, 0.5) is 5.69 Å². The number of hydrogen-bond donors (Lipinski definition) is 1. The number of hydrazone groups is 1. The van der Waals surface area contributed by atoms with E-state index >= 15 is 0 Å². The third-order valence-corrected chi connectivity index (χ3v) is 5.05. The lowest BCUT2D eigenvalue weighted by atomic mass is 9.88. The van der Waals surface area contributed by atoms with Crippen LogP contribution in [0.15, 0.2) is 53.6 Å². The van der Waals surface area contributed by atoms with Crippen molar-refractivity contribution in [2.45, 2.75) is 33.2 Å². The molecule has 0 atom stereocenters. The van der Waals surface area contributed by atoms with E-state index in [1.54, 1.807) is 31.5 Å². The molecule has 1 N–H and O–H groups in total. The normalized spacial score (nSPS) is 15.2. The van der Waals surface area contributed by atoms with Gasteiger partial charge in [-0.3, -0.25) is 4.79 Å². The second-order valence-corrected chi connectivity index (χ2v) is 7.40. The number of anilines is 1. The van der Waals surface area contributed by atoms with Gasteiger partial charge in [0.1, 0.15) is 5.75 Å². The van der Waals surface area contributed by atoms with E-state index in [-0.39, 0.29) is 11.4 Å². The fraction of sp³-hybridized carbons (Fsp3) is 0.304. The zero-order valence-corrected chi connectivity index (χ0v) is 17.1. The Balaban J connectivity index is 1.79. The number of rotatable bonds is 5. The van der Waals surface area contributed by atoms with Crippen LogP contribution < -0.4 is 15.1 Å². The van der Waals surface area contributed by atoms with Crippen molar-refractivity contribution in [3.05, 3.63) is 65.2 Å². The number of ether oxygens (including phenoxy) is 1. The van der Waals surface area contributed by atoms with Gasteiger partial charge in [0.2, 0.25) is 0 Å². The van der Waals surface area contributed by atoms with E-state index in [2.05, 4.69) is 61.3 Å². The third-order valence-electron chi connectivity index (χ3n) is 5.05. The van der Waals surface area contributed by atoms with E-state index in [1.807, 2.05) is 12.1 Å². The number of carbonyl (C=O) groups is 1. The Kier molecular flexibility index (Phi) is 5.54. The molecule has 0 fully saturated rings. The minimum Gasteiger partial charge on any atom is -0.496 e. The van der Waals surface area contributed by atoms with Crippen LogP contribution in [0.1, 0.15) is 49.2 Å². The highest BCUT2D eigenvalue weighted by Crippen LogP contribution is 2.38. The van der Waals surface area contributed by atoms with Crippen LogP contribution in [0.5, 0.6) is 5.75 Å². The molecule has 1 heterocycles. The Morgan fingerprint density at radius 2 is 2.00 bits per heavy atom. The number of nitrogens with zero attached hydrogens (tertiary/aromatic N) is 2. The molecule has 0 radical (unpaired) electrons. The van der Waals surface area contributed by atoms with Crippen molar-refractivity contribution in [2.24, 2.45) is 5.10 Å². The average Bonchev–Trinajstić information content (AvgIpc) is 2.67. The molecular weight excluding hydrogens is 350 g/mol. The third kappa shape index (κ3) is 3.79. The fourth-order valence-corrected chi connectivity index (χ4v) is 3.82. The molecule has 5 nitrogen and oxygen atoms in total. The number of allylic oxidation sites excluding steroid dienone is 1. The van der Waals surface area contributed by atoms with E-state index < -0.39 is 0 Å². The van der Waals surface area contributed by atoms with E-state index in [0.29, 0.717) is 11.3 Å². The molecule has 2 aromatic rings. The Morgan fingerprint density at radius 3 is 2.71 bits per heavy atom. The Bertz CT molecular complexity index is 945. The first-order valence-corrected chi connectivity index (χ1v) is 9.45. The highest BCUT2D eigenvalue weighted by atomic mass is 16.5. The van der Waals surface area contributed by atoms with Gasteiger partial charge in [-0.05, 0) is 63.1 Å². The average molecular weight is 377 g/mol. The highest BCUT2D eigenvalue weighted by molar-refractivity contribution is 5.97. The minimum absolute atomic E-state index is 0.00977. The van der Waals surface area contributed by atoms with Gasteiger partial charge in [0.15, 0.2) is 0 Å². The molecule has 3 rings (SSSR count). The highest BCUT2D eigenvalue weighted by Gasteiger charge is 2.29. The van der Waals surface area contributed by atoms with Gasteiger partial charge in [-0.15, -0.1) is 0 Å². The minimum atomic E-state index is -0.304. The topological polar surface area (TPSA) is 53.9 Å². The monoisotopic (exact) mass is 377 g/mol. The second-order valence-electron chi connectivity index (χ2n) is 7.40. The van der Waals surface area contributed by atoms with Crippen molar-refractivity contribution < 1.29 is 9.53 Å². The SMILES string of the molecule is CCN1c2ccc(/C=N\NC(=O)c3ccccc3OC)cc2C(C)=CC1(C)C. The number of para-hydroxylation sites is 1. The molecule has 0 saturated heterocycles. The first-order chi connectivity index (χ1) is 13.4. The molecule has 5 heteroatoms. The van der Waals surface area contributed by atoms with Crippen LogP contribution >= 0.6 is 0 Å². The molecular formula is C23H27N3O2. The van der Waals surface area contributed by atoms with Crippen molar-refractivity contribution in [1.82, 2.24) is 5.43 Å². The van der Waals surface area contributed by atoms with Crippen LogP contribution in [-0.4, -0.2) is 31.3 Å². The van der Waals surface area contributed by atoms with Gasteiger partial charge in [0.25, 0.3) is 5.91 Å². The Hall–Kier alpha value is -3.08. The summed E-state index contributed by atoms with van der Waals surface area (Å²) in [6, 6.07) is 13.3. The molecule has 146 valence electrons. The first kappa shape index (κ1) is 19.7. The molecule has 0 saturated carbocycles. The Morgan fingerprint density at radius 1 is 1.25 bits per heavy atom. The summed E-state index contributed by atoms with van der Waals surface area (Å²) in [4.78, 5) is 14.7. The number of amides is 1. The number of likely N-dealkylation sites (N-methyl/N-ethyl adjacent to an activating group) is 1. The predicted molar refractivity (Wildman–Crippen MR) is 115 cm³/mol. The maximum atomic E-state index is 12.3. The number of benzene rings is 2. The number of methoxy groups -OCH3 is 1. The molecule has 0 spiro atoms. The Labute approximate surface area is 166 Å². The van der Waals surface area contributed by atoms with Gasteiger partial charge >= 0.3 is 0 Å². The largest absolute Gasteiger partial charge is 0.496 e. The lowest BCUT2D eigenvalue weighted by Crippen LogP contribution is -2.44. The molecule has 28 heavy (non-hydrogen) atoms.